The minimum absolute atomic E-state index is 0.0183. The lowest BCUT2D eigenvalue weighted by molar-refractivity contribution is 0.286. The predicted molar refractivity (Wildman–Crippen MR) is 109 cm³/mol. The second-order valence-electron chi connectivity index (χ2n) is 6.83. The smallest absolute Gasteiger partial charge is 0.195 e. The van der Waals surface area contributed by atoms with Crippen molar-refractivity contribution in [2.45, 2.75) is 12.5 Å². The average Bonchev–Trinajstić information content (AvgIpc) is 3.02. The van der Waals surface area contributed by atoms with Crippen molar-refractivity contribution in [2.75, 3.05) is 17.4 Å². The molecule has 0 bridgehead atoms. The van der Waals surface area contributed by atoms with Crippen molar-refractivity contribution in [1.29, 1.82) is 0 Å². The Bertz CT molecular complexity index is 985. The number of para-hydroxylation sites is 2. The SMILES string of the molecule is [O-][N+]1([C@H](CCCl)c2ccccc2)CN(c2ccccc2F)c2cccc(F)c21. The first-order chi connectivity index (χ1) is 13.6. The van der Waals surface area contributed by atoms with E-state index in [1.807, 2.05) is 30.3 Å². The highest BCUT2D eigenvalue weighted by molar-refractivity contribution is 6.17. The molecule has 3 aromatic carbocycles. The van der Waals surface area contributed by atoms with E-state index in [2.05, 4.69) is 0 Å². The van der Waals surface area contributed by atoms with Crippen molar-refractivity contribution in [3.05, 3.63) is 95.2 Å². The van der Waals surface area contributed by atoms with Gasteiger partial charge in [-0.15, -0.1) is 11.6 Å². The summed E-state index contributed by atoms with van der Waals surface area (Å²) in [6.07, 6.45) is 0.369. The molecule has 0 N–H and O–H groups in total. The van der Waals surface area contributed by atoms with E-state index < -0.39 is 22.3 Å². The van der Waals surface area contributed by atoms with E-state index in [1.54, 1.807) is 29.2 Å². The third-order valence-electron chi connectivity index (χ3n) is 5.20. The van der Waals surface area contributed by atoms with Gasteiger partial charge >= 0.3 is 0 Å². The van der Waals surface area contributed by atoms with Crippen LogP contribution in [0.2, 0.25) is 0 Å². The number of benzene rings is 3. The van der Waals surface area contributed by atoms with E-state index in [9.17, 15) is 14.0 Å². The topological polar surface area (TPSA) is 26.3 Å². The molecule has 0 aromatic heterocycles. The first-order valence-corrected chi connectivity index (χ1v) is 9.60. The van der Waals surface area contributed by atoms with Crippen LogP contribution in [0, 0.1) is 16.8 Å². The summed E-state index contributed by atoms with van der Waals surface area (Å²) in [7, 11) is 0. The largest absolute Gasteiger partial charge is 0.625 e. The molecule has 28 heavy (non-hydrogen) atoms. The van der Waals surface area contributed by atoms with Crippen molar-refractivity contribution in [1.82, 2.24) is 4.65 Å². The summed E-state index contributed by atoms with van der Waals surface area (Å²) in [6, 6.07) is 19.3. The Hall–Kier alpha value is -2.47. The third-order valence-corrected chi connectivity index (χ3v) is 5.42. The average molecular weight is 401 g/mol. The van der Waals surface area contributed by atoms with Crippen LogP contribution in [0.15, 0.2) is 72.8 Å². The summed E-state index contributed by atoms with van der Waals surface area (Å²) in [4.78, 5) is 1.56. The number of alkyl halides is 1. The van der Waals surface area contributed by atoms with Gasteiger partial charge in [0.15, 0.2) is 18.2 Å². The van der Waals surface area contributed by atoms with E-state index in [0.717, 1.165) is 5.56 Å². The maximum Gasteiger partial charge on any atom is 0.195 e. The van der Waals surface area contributed by atoms with Gasteiger partial charge in [0.25, 0.3) is 0 Å². The summed E-state index contributed by atoms with van der Waals surface area (Å²) in [5.41, 5.74) is 1.44. The van der Waals surface area contributed by atoms with Gasteiger partial charge in [0.05, 0.1) is 5.69 Å². The Labute approximate surface area is 167 Å². The molecule has 1 aliphatic rings. The van der Waals surface area contributed by atoms with Crippen LogP contribution >= 0.6 is 11.6 Å². The summed E-state index contributed by atoms with van der Waals surface area (Å²) in [5, 5.41) is 14.2. The third kappa shape index (κ3) is 3.05. The molecule has 0 saturated carbocycles. The van der Waals surface area contributed by atoms with Crippen LogP contribution < -0.4 is 9.55 Å². The quantitative estimate of drug-likeness (QED) is 0.287. The minimum Gasteiger partial charge on any atom is -0.625 e. The fourth-order valence-electron chi connectivity index (χ4n) is 3.98. The van der Waals surface area contributed by atoms with Gasteiger partial charge in [-0.3, -0.25) is 4.90 Å². The van der Waals surface area contributed by atoms with Gasteiger partial charge in [0.1, 0.15) is 17.5 Å². The molecular formula is C22H19ClF2N2O. The Morgan fingerprint density at radius 2 is 1.54 bits per heavy atom. The molecule has 0 fully saturated rings. The molecule has 6 heteroatoms. The second-order valence-corrected chi connectivity index (χ2v) is 7.21. The Balaban J connectivity index is 1.89. The normalized spacial score (nSPS) is 19.5. The first-order valence-electron chi connectivity index (χ1n) is 9.07. The van der Waals surface area contributed by atoms with E-state index >= 15 is 0 Å². The number of halogens is 3. The Morgan fingerprint density at radius 1 is 0.893 bits per heavy atom. The molecule has 1 aliphatic heterocycles. The number of quaternary nitrogens is 1. The predicted octanol–water partition coefficient (Wildman–Crippen LogP) is 6.25. The zero-order valence-corrected chi connectivity index (χ0v) is 15.8. The molecule has 144 valence electrons. The Kier molecular flexibility index (Phi) is 5.06. The number of nitrogens with zero attached hydrogens (tertiary/aromatic N) is 2. The van der Waals surface area contributed by atoms with E-state index in [0.29, 0.717) is 12.1 Å². The number of hydrogen-bond donors (Lipinski definition) is 0. The van der Waals surface area contributed by atoms with E-state index in [4.69, 9.17) is 11.6 Å². The second kappa shape index (κ2) is 7.51. The number of hydroxylamine groups is 2. The molecule has 1 unspecified atom stereocenters. The molecule has 0 spiro atoms. The van der Waals surface area contributed by atoms with Gasteiger partial charge in [-0.2, -0.15) is 0 Å². The molecule has 3 nitrogen and oxygen atoms in total. The van der Waals surface area contributed by atoms with E-state index in [-0.39, 0.29) is 23.9 Å². The van der Waals surface area contributed by atoms with Gasteiger partial charge in [-0.25, -0.2) is 8.78 Å². The van der Waals surface area contributed by atoms with Crippen molar-refractivity contribution in [3.63, 3.8) is 0 Å². The summed E-state index contributed by atoms with van der Waals surface area (Å²) in [6.45, 7) is -0.131. The first kappa shape index (κ1) is 18.9. The van der Waals surface area contributed by atoms with Gasteiger partial charge in [-0.05, 0) is 24.3 Å². The zero-order valence-electron chi connectivity index (χ0n) is 15.1. The van der Waals surface area contributed by atoms with Gasteiger partial charge in [0.2, 0.25) is 0 Å². The van der Waals surface area contributed by atoms with Crippen molar-refractivity contribution in [2.24, 2.45) is 0 Å². The number of rotatable bonds is 5. The molecule has 0 aliphatic carbocycles. The highest BCUT2D eigenvalue weighted by Gasteiger charge is 2.45. The monoisotopic (exact) mass is 400 g/mol. The summed E-state index contributed by atoms with van der Waals surface area (Å²) in [5.74, 6) is -0.799. The van der Waals surface area contributed by atoms with Crippen LogP contribution in [0.4, 0.5) is 25.8 Å². The van der Waals surface area contributed by atoms with Crippen LogP contribution in [0.25, 0.3) is 0 Å². The molecular weight excluding hydrogens is 382 g/mol. The van der Waals surface area contributed by atoms with Crippen molar-refractivity contribution < 1.29 is 8.78 Å². The van der Waals surface area contributed by atoms with E-state index in [1.165, 1.54) is 18.2 Å². The van der Waals surface area contributed by atoms with Crippen LogP contribution in [-0.4, -0.2) is 12.5 Å². The zero-order chi connectivity index (χ0) is 19.7. The van der Waals surface area contributed by atoms with Crippen LogP contribution in [-0.2, 0) is 0 Å². The number of fused-ring (bicyclic) bond motifs is 1. The van der Waals surface area contributed by atoms with Gasteiger partial charge < -0.3 is 9.85 Å². The maximum atomic E-state index is 14.9. The molecule has 0 amide bonds. The molecule has 4 rings (SSSR count). The fraction of sp³-hybridized carbons (Fsp3) is 0.182. The molecule has 0 radical (unpaired) electrons. The van der Waals surface area contributed by atoms with Crippen molar-refractivity contribution >= 4 is 28.7 Å². The standard InChI is InChI=1S/C22H19ClF2N2O/c23-14-13-21(16-7-2-1-3-8-16)27(28)15-26(19-11-5-4-9-17(19)24)20-12-6-10-18(25)22(20)27/h1-12,21H,13-15H2/t21-,27?/m1/s1. The molecule has 3 aromatic rings. The van der Waals surface area contributed by atoms with Crippen LogP contribution in [0.3, 0.4) is 0 Å². The lowest BCUT2D eigenvalue weighted by atomic mass is 10.0. The summed E-state index contributed by atoms with van der Waals surface area (Å²) < 4.78 is 28.5. The van der Waals surface area contributed by atoms with Crippen LogP contribution in [0.1, 0.15) is 18.0 Å². The fourth-order valence-corrected chi connectivity index (χ4v) is 4.19. The highest BCUT2D eigenvalue weighted by Crippen LogP contribution is 2.51. The highest BCUT2D eigenvalue weighted by atomic mass is 35.5. The summed E-state index contributed by atoms with van der Waals surface area (Å²) >= 11 is 6.02. The number of anilines is 2. The van der Waals surface area contributed by atoms with Crippen molar-refractivity contribution in [3.8, 4) is 0 Å². The Morgan fingerprint density at radius 3 is 2.25 bits per heavy atom. The van der Waals surface area contributed by atoms with Crippen LogP contribution in [0.5, 0.6) is 0 Å². The number of hydrogen-bond acceptors (Lipinski definition) is 2. The molecule has 2 atom stereocenters. The molecule has 0 saturated heterocycles. The lowest BCUT2D eigenvalue weighted by Crippen LogP contribution is -2.48. The van der Waals surface area contributed by atoms with Gasteiger partial charge in [0, 0.05) is 17.9 Å². The molecule has 1 heterocycles. The minimum atomic E-state index is -0.951. The lowest BCUT2D eigenvalue weighted by Gasteiger charge is -2.45. The maximum absolute atomic E-state index is 14.9. The van der Waals surface area contributed by atoms with Gasteiger partial charge in [-0.1, -0.05) is 48.5 Å².